The van der Waals surface area contributed by atoms with Gasteiger partial charge in [-0.15, -0.1) is 0 Å². The Morgan fingerprint density at radius 2 is 1.75 bits per heavy atom. The largest absolute Gasteiger partial charge is 0.342 e. The number of halogens is 2. The van der Waals surface area contributed by atoms with Gasteiger partial charge in [-0.3, -0.25) is 9.69 Å². The highest BCUT2D eigenvalue weighted by Gasteiger charge is 2.37. The van der Waals surface area contributed by atoms with E-state index in [4.69, 9.17) is 0 Å². The van der Waals surface area contributed by atoms with E-state index < -0.39 is 5.92 Å². The van der Waals surface area contributed by atoms with Gasteiger partial charge in [-0.05, 0) is 44.0 Å². The Labute approximate surface area is 142 Å². The molecule has 3 rings (SSSR count). The highest BCUT2D eigenvalue weighted by molar-refractivity contribution is 5.79. The number of amides is 1. The molecule has 0 radical (unpaired) electrons. The lowest BCUT2D eigenvalue weighted by Gasteiger charge is -2.37. The van der Waals surface area contributed by atoms with Crippen molar-refractivity contribution in [2.75, 3.05) is 26.2 Å². The minimum absolute atomic E-state index is 0.00448. The lowest BCUT2D eigenvalue weighted by atomic mass is 9.93. The standard InChI is InChI=1S/C19H26F2N2O/c1-15-4-2-3-5-17(15)14-22-10-6-16(7-11-22)18(24)23-12-8-19(20,21)9-13-23/h2-5,16H,6-14H2,1H3. The highest BCUT2D eigenvalue weighted by Crippen LogP contribution is 2.30. The van der Waals surface area contributed by atoms with Crippen molar-refractivity contribution in [3.05, 3.63) is 35.4 Å². The lowest BCUT2D eigenvalue weighted by molar-refractivity contribution is -0.143. The van der Waals surface area contributed by atoms with Crippen molar-refractivity contribution >= 4 is 5.91 Å². The SMILES string of the molecule is Cc1ccccc1CN1CCC(C(=O)N2CCC(F)(F)CC2)CC1. The average molecular weight is 336 g/mol. The Kier molecular flexibility index (Phi) is 5.18. The van der Waals surface area contributed by atoms with Crippen LogP contribution < -0.4 is 0 Å². The van der Waals surface area contributed by atoms with Crippen LogP contribution >= 0.6 is 0 Å². The van der Waals surface area contributed by atoms with Crippen LogP contribution in [0.2, 0.25) is 0 Å². The number of hydrogen-bond donors (Lipinski definition) is 0. The molecule has 1 aromatic rings. The minimum atomic E-state index is -2.59. The van der Waals surface area contributed by atoms with Gasteiger partial charge >= 0.3 is 0 Å². The maximum absolute atomic E-state index is 13.2. The molecule has 0 unspecified atom stereocenters. The summed E-state index contributed by atoms with van der Waals surface area (Å²) in [5, 5.41) is 0. The lowest BCUT2D eigenvalue weighted by Crippen LogP contribution is -2.47. The van der Waals surface area contributed by atoms with Crippen LogP contribution in [0.5, 0.6) is 0 Å². The third-order valence-electron chi connectivity index (χ3n) is 5.40. The molecule has 1 aromatic carbocycles. The molecule has 2 aliphatic heterocycles. The first kappa shape index (κ1) is 17.3. The maximum Gasteiger partial charge on any atom is 0.251 e. The second-order valence-corrected chi connectivity index (χ2v) is 7.16. The van der Waals surface area contributed by atoms with Crippen LogP contribution in [0.1, 0.15) is 36.8 Å². The van der Waals surface area contributed by atoms with Crippen LogP contribution in [-0.2, 0) is 11.3 Å². The number of carbonyl (C=O) groups is 1. The number of carbonyl (C=O) groups excluding carboxylic acids is 1. The van der Waals surface area contributed by atoms with Crippen LogP contribution in [0.25, 0.3) is 0 Å². The van der Waals surface area contributed by atoms with E-state index in [-0.39, 0.29) is 37.8 Å². The zero-order valence-electron chi connectivity index (χ0n) is 14.3. The van der Waals surface area contributed by atoms with Crippen molar-refractivity contribution in [3.63, 3.8) is 0 Å². The molecule has 5 heteroatoms. The van der Waals surface area contributed by atoms with Crippen LogP contribution in [0.4, 0.5) is 8.78 Å². The Morgan fingerprint density at radius 3 is 2.38 bits per heavy atom. The second-order valence-electron chi connectivity index (χ2n) is 7.16. The van der Waals surface area contributed by atoms with E-state index in [2.05, 4.69) is 30.0 Å². The maximum atomic E-state index is 13.2. The summed E-state index contributed by atoms with van der Waals surface area (Å²) in [6, 6.07) is 8.38. The van der Waals surface area contributed by atoms with E-state index in [0.29, 0.717) is 0 Å². The fraction of sp³-hybridized carbons (Fsp3) is 0.632. The number of piperidine rings is 2. The third-order valence-corrected chi connectivity index (χ3v) is 5.40. The second kappa shape index (κ2) is 7.18. The first-order valence-corrected chi connectivity index (χ1v) is 8.88. The van der Waals surface area contributed by atoms with E-state index in [0.717, 1.165) is 32.5 Å². The van der Waals surface area contributed by atoms with Gasteiger partial charge in [0.25, 0.3) is 5.92 Å². The molecule has 0 bridgehead atoms. The fourth-order valence-electron chi connectivity index (χ4n) is 3.68. The summed E-state index contributed by atoms with van der Waals surface area (Å²) in [5.41, 5.74) is 2.63. The van der Waals surface area contributed by atoms with Gasteiger partial charge in [0, 0.05) is 38.4 Å². The highest BCUT2D eigenvalue weighted by atomic mass is 19.3. The van der Waals surface area contributed by atoms with Gasteiger partial charge in [0.05, 0.1) is 0 Å². The predicted molar refractivity (Wildman–Crippen MR) is 89.9 cm³/mol. The van der Waals surface area contributed by atoms with Gasteiger partial charge in [0.15, 0.2) is 0 Å². The molecule has 132 valence electrons. The number of rotatable bonds is 3. The molecular weight excluding hydrogens is 310 g/mol. The van der Waals surface area contributed by atoms with Gasteiger partial charge < -0.3 is 4.90 Å². The molecule has 0 aliphatic carbocycles. The molecule has 2 saturated heterocycles. The summed E-state index contributed by atoms with van der Waals surface area (Å²) >= 11 is 0. The van der Waals surface area contributed by atoms with E-state index in [1.807, 2.05) is 6.07 Å². The Bertz CT molecular complexity index is 572. The van der Waals surface area contributed by atoms with E-state index in [1.165, 1.54) is 11.1 Å². The molecule has 2 aliphatic rings. The number of hydrogen-bond acceptors (Lipinski definition) is 2. The summed E-state index contributed by atoms with van der Waals surface area (Å²) < 4.78 is 26.5. The van der Waals surface area contributed by atoms with Crippen LogP contribution in [0.15, 0.2) is 24.3 Å². The molecule has 1 amide bonds. The third kappa shape index (κ3) is 4.12. The summed E-state index contributed by atoms with van der Waals surface area (Å²) in [7, 11) is 0. The molecular formula is C19H26F2N2O. The van der Waals surface area contributed by atoms with Crippen molar-refractivity contribution in [2.45, 2.75) is 45.1 Å². The van der Waals surface area contributed by atoms with Crippen LogP contribution in [0, 0.1) is 12.8 Å². The van der Waals surface area contributed by atoms with Crippen LogP contribution in [0.3, 0.4) is 0 Å². The van der Waals surface area contributed by atoms with E-state index in [1.54, 1.807) is 4.90 Å². The van der Waals surface area contributed by atoms with Crippen molar-refractivity contribution in [3.8, 4) is 0 Å². The van der Waals surface area contributed by atoms with Gasteiger partial charge in [0.1, 0.15) is 0 Å². The normalized spacial score (nSPS) is 22.5. The topological polar surface area (TPSA) is 23.6 Å². The fourth-order valence-corrected chi connectivity index (χ4v) is 3.68. The van der Waals surface area contributed by atoms with Crippen molar-refractivity contribution < 1.29 is 13.6 Å². The summed E-state index contributed by atoms with van der Waals surface area (Å²) in [6.07, 6.45) is 1.28. The van der Waals surface area contributed by atoms with Gasteiger partial charge in [0.2, 0.25) is 5.91 Å². The Morgan fingerprint density at radius 1 is 1.12 bits per heavy atom. The summed E-state index contributed by atoms with van der Waals surface area (Å²) in [5.74, 6) is -2.50. The summed E-state index contributed by atoms with van der Waals surface area (Å²) in [6.45, 7) is 5.25. The number of aryl methyl sites for hydroxylation is 1. The van der Waals surface area contributed by atoms with Crippen molar-refractivity contribution in [1.82, 2.24) is 9.80 Å². The van der Waals surface area contributed by atoms with Crippen LogP contribution in [-0.4, -0.2) is 47.8 Å². The molecule has 0 atom stereocenters. The average Bonchev–Trinajstić information content (AvgIpc) is 2.57. The number of alkyl halides is 2. The number of nitrogens with zero attached hydrogens (tertiary/aromatic N) is 2. The van der Waals surface area contributed by atoms with Crippen molar-refractivity contribution in [1.29, 1.82) is 0 Å². The van der Waals surface area contributed by atoms with Gasteiger partial charge in [-0.2, -0.15) is 0 Å². The van der Waals surface area contributed by atoms with Gasteiger partial charge in [-0.25, -0.2) is 8.78 Å². The minimum Gasteiger partial charge on any atom is -0.342 e. The molecule has 3 nitrogen and oxygen atoms in total. The predicted octanol–water partition coefficient (Wildman–Crippen LogP) is 3.46. The molecule has 0 aromatic heterocycles. The molecule has 0 spiro atoms. The first-order chi connectivity index (χ1) is 11.4. The monoisotopic (exact) mass is 336 g/mol. The van der Waals surface area contributed by atoms with E-state index in [9.17, 15) is 13.6 Å². The zero-order chi connectivity index (χ0) is 17.2. The Balaban J connectivity index is 1.48. The molecule has 2 fully saturated rings. The van der Waals surface area contributed by atoms with Gasteiger partial charge in [-0.1, -0.05) is 24.3 Å². The molecule has 2 heterocycles. The van der Waals surface area contributed by atoms with E-state index >= 15 is 0 Å². The zero-order valence-corrected chi connectivity index (χ0v) is 14.3. The van der Waals surface area contributed by atoms with Crippen molar-refractivity contribution in [2.24, 2.45) is 5.92 Å². The number of benzene rings is 1. The summed E-state index contributed by atoms with van der Waals surface area (Å²) in [4.78, 5) is 16.6. The Hall–Kier alpha value is -1.49. The number of likely N-dealkylation sites (tertiary alicyclic amines) is 2. The molecule has 0 saturated carbocycles. The smallest absolute Gasteiger partial charge is 0.251 e. The molecule has 24 heavy (non-hydrogen) atoms. The molecule has 0 N–H and O–H groups in total. The first-order valence-electron chi connectivity index (χ1n) is 8.88. The quantitative estimate of drug-likeness (QED) is 0.844.